The maximum atomic E-state index is 13.3. The second kappa shape index (κ2) is 6.65. The Bertz CT molecular complexity index is 682. The molecule has 0 saturated heterocycles. The Morgan fingerprint density at radius 1 is 1.52 bits per heavy atom. The molecule has 0 amide bonds. The van der Waals surface area contributed by atoms with E-state index in [9.17, 15) is 17.6 Å². The molecule has 0 fully saturated rings. The van der Waals surface area contributed by atoms with Crippen LogP contribution in [0.25, 0.3) is 0 Å². The largest absolute Gasteiger partial charge is 0.478 e. The molecule has 1 N–H and O–H groups in total. The highest BCUT2D eigenvalue weighted by molar-refractivity contribution is 7.89. The minimum Gasteiger partial charge on any atom is -0.478 e. The van der Waals surface area contributed by atoms with E-state index in [1.807, 2.05) is 6.07 Å². The van der Waals surface area contributed by atoms with E-state index in [0.717, 1.165) is 22.5 Å². The number of hydrogen-bond acceptors (Lipinski definition) is 4. The van der Waals surface area contributed by atoms with E-state index < -0.39 is 33.3 Å². The fourth-order valence-corrected chi connectivity index (χ4v) is 3.29. The van der Waals surface area contributed by atoms with Crippen molar-refractivity contribution in [2.75, 3.05) is 13.1 Å². The highest BCUT2D eigenvalue weighted by Crippen LogP contribution is 2.20. The quantitative estimate of drug-likeness (QED) is 0.861. The summed E-state index contributed by atoms with van der Waals surface area (Å²) in [4.78, 5) is 10.6. The fourth-order valence-electron chi connectivity index (χ4n) is 1.72. The lowest BCUT2D eigenvalue weighted by molar-refractivity contribution is 0.0691. The van der Waals surface area contributed by atoms with Crippen LogP contribution in [0.15, 0.2) is 23.1 Å². The van der Waals surface area contributed by atoms with Gasteiger partial charge in [0.1, 0.15) is 5.82 Å². The summed E-state index contributed by atoms with van der Waals surface area (Å²) in [6, 6.07) is 4.53. The van der Waals surface area contributed by atoms with Gasteiger partial charge < -0.3 is 5.11 Å². The maximum Gasteiger partial charge on any atom is 0.338 e. The third kappa shape index (κ3) is 3.77. The lowest BCUT2D eigenvalue weighted by Gasteiger charge is -2.21. The number of carboxylic acid groups (broad SMARTS) is 1. The summed E-state index contributed by atoms with van der Waals surface area (Å²) in [6.07, 6.45) is 0. The van der Waals surface area contributed by atoms with Crippen molar-refractivity contribution in [1.82, 2.24) is 4.31 Å². The number of nitriles is 1. The van der Waals surface area contributed by atoms with Gasteiger partial charge in [-0.25, -0.2) is 17.6 Å². The average Bonchev–Trinajstić information content (AvgIpc) is 2.43. The predicted molar refractivity (Wildman–Crippen MR) is 72.6 cm³/mol. The SMILES string of the molecule is CCN(CC(C)C#N)S(=O)(=O)c1ccc(F)c(C(=O)O)c1. The van der Waals surface area contributed by atoms with Crippen molar-refractivity contribution < 1.29 is 22.7 Å². The third-order valence-electron chi connectivity index (χ3n) is 2.86. The molecule has 1 aromatic rings. The molecule has 0 aliphatic heterocycles. The van der Waals surface area contributed by atoms with Crippen molar-refractivity contribution in [2.24, 2.45) is 5.92 Å². The van der Waals surface area contributed by atoms with Crippen LogP contribution < -0.4 is 0 Å². The summed E-state index contributed by atoms with van der Waals surface area (Å²) in [5.41, 5.74) is -0.708. The van der Waals surface area contributed by atoms with Crippen LogP contribution in [0.4, 0.5) is 4.39 Å². The van der Waals surface area contributed by atoms with Crippen LogP contribution in [-0.2, 0) is 10.0 Å². The van der Waals surface area contributed by atoms with Crippen molar-refractivity contribution in [3.05, 3.63) is 29.6 Å². The molecule has 0 bridgehead atoms. The van der Waals surface area contributed by atoms with Gasteiger partial charge in [-0.3, -0.25) is 0 Å². The van der Waals surface area contributed by atoms with Gasteiger partial charge in [-0.15, -0.1) is 0 Å². The highest BCUT2D eigenvalue weighted by Gasteiger charge is 2.26. The summed E-state index contributed by atoms with van der Waals surface area (Å²) in [7, 11) is -3.98. The average molecular weight is 314 g/mol. The highest BCUT2D eigenvalue weighted by atomic mass is 32.2. The van der Waals surface area contributed by atoms with Gasteiger partial charge in [0.15, 0.2) is 0 Å². The van der Waals surface area contributed by atoms with E-state index in [1.165, 1.54) is 0 Å². The van der Waals surface area contributed by atoms with Gasteiger partial charge in [-0.2, -0.15) is 9.57 Å². The molecule has 114 valence electrons. The zero-order valence-electron chi connectivity index (χ0n) is 11.6. The number of hydrogen-bond donors (Lipinski definition) is 1. The third-order valence-corrected chi connectivity index (χ3v) is 4.79. The lowest BCUT2D eigenvalue weighted by atomic mass is 10.2. The first-order valence-electron chi connectivity index (χ1n) is 6.16. The molecular formula is C13H15FN2O4S. The molecule has 0 saturated carbocycles. The van der Waals surface area contributed by atoms with E-state index in [4.69, 9.17) is 10.4 Å². The van der Waals surface area contributed by atoms with Gasteiger partial charge >= 0.3 is 5.97 Å². The van der Waals surface area contributed by atoms with E-state index in [1.54, 1.807) is 13.8 Å². The van der Waals surface area contributed by atoms with Crippen molar-refractivity contribution in [1.29, 1.82) is 5.26 Å². The fraction of sp³-hybridized carbons (Fsp3) is 0.385. The van der Waals surface area contributed by atoms with Gasteiger partial charge in [-0.05, 0) is 25.1 Å². The maximum absolute atomic E-state index is 13.3. The summed E-state index contributed by atoms with van der Waals surface area (Å²) >= 11 is 0. The lowest BCUT2D eigenvalue weighted by Crippen LogP contribution is -2.34. The van der Waals surface area contributed by atoms with E-state index in [2.05, 4.69) is 0 Å². The number of sulfonamides is 1. The number of rotatable bonds is 6. The second-order valence-corrected chi connectivity index (χ2v) is 6.37. The molecule has 0 aliphatic rings. The van der Waals surface area contributed by atoms with Crippen LogP contribution >= 0.6 is 0 Å². The molecule has 0 radical (unpaired) electrons. The minimum absolute atomic E-state index is 0.0187. The minimum atomic E-state index is -3.98. The number of carbonyl (C=O) groups is 1. The summed E-state index contributed by atoms with van der Waals surface area (Å²) in [5, 5.41) is 17.6. The summed E-state index contributed by atoms with van der Waals surface area (Å²) in [5.74, 6) is -3.06. The van der Waals surface area contributed by atoms with Crippen LogP contribution in [0, 0.1) is 23.1 Å². The Morgan fingerprint density at radius 2 is 2.14 bits per heavy atom. The molecule has 1 atom stereocenters. The van der Waals surface area contributed by atoms with Gasteiger partial charge in [0, 0.05) is 13.1 Å². The van der Waals surface area contributed by atoms with Crippen molar-refractivity contribution in [3.63, 3.8) is 0 Å². The molecule has 6 nitrogen and oxygen atoms in total. The molecular weight excluding hydrogens is 299 g/mol. The Kier molecular flexibility index (Phi) is 5.41. The molecule has 0 heterocycles. The van der Waals surface area contributed by atoms with Crippen molar-refractivity contribution >= 4 is 16.0 Å². The van der Waals surface area contributed by atoms with Crippen LogP contribution in [-0.4, -0.2) is 36.9 Å². The molecule has 8 heteroatoms. The van der Waals surface area contributed by atoms with Gasteiger partial charge in [0.2, 0.25) is 10.0 Å². The first-order valence-corrected chi connectivity index (χ1v) is 7.60. The predicted octanol–water partition coefficient (Wildman–Crippen LogP) is 1.69. The topological polar surface area (TPSA) is 98.5 Å². The summed E-state index contributed by atoms with van der Waals surface area (Å²) < 4.78 is 39.2. The second-order valence-electron chi connectivity index (χ2n) is 4.43. The molecule has 0 aromatic heterocycles. The molecule has 21 heavy (non-hydrogen) atoms. The number of halogens is 1. The Hall–Kier alpha value is -1.98. The molecule has 0 spiro atoms. The van der Waals surface area contributed by atoms with Crippen LogP contribution in [0.3, 0.4) is 0 Å². The Balaban J connectivity index is 3.27. The Morgan fingerprint density at radius 3 is 2.62 bits per heavy atom. The zero-order valence-corrected chi connectivity index (χ0v) is 12.4. The molecule has 1 unspecified atom stereocenters. The molecule has 0 aliphatic carbocycles. The van der Waals surface area contributed by atoms with Crippen molar-refractivity contribution in [3.8, 4) is 6.07 Å². The normalized spacial score (nSPS) is 12.9. The van der Waals surface area contributed by atoms with Crippen LogP contribution in [0.1, 0.15) is 24.2 Å². The first-order chi connectivity index (χ1) is 9.73. The van der Waals surface area contributed by atoms with Gasteiger partial charge in [0.25, 0.3) is 0 Å². The standard InChI is InChI=1S/C13H15FN2O4S/c1-3-16(8-9(2)7-15)21(19,20)10-4-5-12(14)11(6-10)13(17)18/h4-6,9H,3,8H2,1-2H3,(H,17,18). The molecule has 1 rings (SSSR count). The van der Waals surface area contributed by atoms with Gasteiger partial charge in [-0.1, -0.05) is 6.92 Å². The number of benzene rings is 1. The molecule has 1 aromatic carbocycles. The van der Waals surface area contributed by atoms with Gasteiger partial charge in [0.05, 0.1) is 22.4 Å². The monoisotopic (exact) mass is 314 g/mol. The van der Waals surface area contributed by atoms with E-state index in [0.29, 0.717) is 0 Å². The van der Waals surface area contributed by atoms with Crippen molar-refractivity contribution in [2.45, 2.75) is 18.7 Å². The summed E-state index contributed by atoms with van der Waals surface area (Å²) in [6.45, 7) is 3.28. The Labute approximate surface area is 122 Å². The number of aromatic carboxylic acids is 1. The van der Waals surface area contributed by atoms with Crippen LogP contribution in [0.5, 0.6) is 0 Å². The number of nitrogens with zero attached hydrogens (tertiary/aromatic N) is 2. The smallest absolute Gasteiger partial charge is 0.338 e. The first kappa shape index (κ1) is 17.1. The van der Waals surface area contributed by atoms with E-state index in [-0.39, 0.29) is 18.0 Å². The van der Waals surface area contributed by atoms with Crippen LogP contribution in [0.2, 0.25) is 0 Å². The number of carboxylic acids is 1. The van der Waals surface area contributed by atoms with E-state index >= 15 is 0 Å². The zero-order chi connectivity index (χ0) is 16.2.